The fourth-order valence-corrected chi connectivity index (χ4v) is 1.93. The van der Waals surface area contributed by atoms with E-state index in [1.165, 1.54) is 7.11 Å². The molecule has 0 saturated carbocycles. The smallest absolute Gasteiger partial charge is 0.186 e. The number of ether oxygens (including phenoxy) is 2. The van der Waals surface area contributed by atoms with Crippen molar-refractivity contribution in [3.8, 4) is 0 Å². The average Bonchev–Trinajstić information content (AvgIpc) is 2.10. The SMILES string of the molecule is CO[C@H]1O[C@H](C)[C@@H](N(C)C)[C@H](O)[C@H]1O. The summed E-state index contributed by atoms with van der Waals surface area (Å²) in [5, 5.41) is 19.5. The van der Waals surface area contributed by atoms with E-state index >= 15 is 0 Å². The maximum Gasteiger partial charge on any atom is 0.186 e. The zero-order valence-corrected chi connectivity index (χ0v) is 9.04. The van der Waals surface area contributed by atoms with Crippen LogP contribution in [-0.2, 0) is 9.47 Å². The van der Waals surface area contributed by atoms with Gasteiger partial charge in [0.2, 0.25) is 0 Å². The highest BCUT2D eigenvalue weighted by Crippen LogP contribution is 2.23. The van der Waals surface area contributed by atoms with Crippen LogP contribution in [0.2, 0.25) is 0 Å². The largest absolute Gasteiger partial charge is 0.388 e. The highest BCUT2D eigenvalue weighted by Gasteiger charge is 2.43. The lowest BCUT2D eigenvalue weighted by Crippen LogP contribution is -2.61. The van der Waals surface area contributed by atoms with E-state index in [-0.39, 0.29) is 12.1 Å². The van der Waals surface area contributed by atoms with Crippen LogP contribution >= 0.6 is 0 Å². The topological polar surface area (TPSA) is 62.2 Å². The molecule has 5 heteroatoms. The molecule has 0 radical (unpaired) electrons. The molecule has 2 N–H and O–H groups in total. The van der Waals surface area contributed by atoms with Crippen LogP contribution in [0.15, 0.2) is 0 Å². The first-order valence-electron chi connectivity index (χ1n) is 4.70. The molecule has 1 fully saturated rings. The van der Waals surface area contributed by atoms with E-state index in [0.717, 1.165) is 0 Å². The predicted molar refractivity (Wildman–Crippen MR) is 50.8 cm³/mol. The second kappa shape index (κ2) is 4.55. The number of hydrogen-bond donors (Lipinski definition) is 2. The molecule has 0 aliphatic carbocycles. The normalized spacial score (nSPS) is 44.4. The number of aliphatic hydroxyl groups excluding tert-OH is 2. The molecule has 0 amide bonds. The van der Waals surface area contributed by atoms with E-state index in [1.54, 1.807) is 0 Å². The number of rotatable bonds is 2. The lowest BCUT2D eigenvalue weighted by atomic mass is 9.96. The van der Waals surface area contributed by atoms with Crippen LogP contribution in [0, 0.1) is 0 Å². The number of aliphatic hydroxyl groups is 2. The molecule has 1 aliphatic rings. The van der Waals surface area contributed by atoms with E-state index in [0.29, 0.717) is 0 Å². The fourth-order valence-electron chi connectivity index (χ4n) is 1.93. The second-order valence-corrected chi connectivity index (χ2v) is 3.88. The predicted octanol–water partition coefficient (Wildman–Crippen LogP) is -0.970. The van der Waals surface area contributed by atoms with Gasteiger partial charge in [0.05, 0.1) is 12.1 Å². The molecule has 0 bridgehead atoms. The third-order valence-electron chi connectivity index (χ3n) is 2.64. The molecule has 0 aromatic heterocycles. The minimum absolute atomic E-state index is 0.173. The van der Waals surface area contributed by atoms with Gasteiger partial charge in [0.15, 0.2) is 6.29 Å². The van der Waals surface area contributed by atoms with Crippen molar-refractivity contribution in [1.29, 1.82) is 0 Å². The second-order valence-electron chi connectivity index (χ2n) is 3.88. The van der Waals surface area contributed by atoms with Gasteiger partial charge in [-0.3, -0.25) is 0 Å². The summed E-state index contributed by atoms with van der Waals surface area (Å²) < 4.78 is 10.3. The van der Waals surface area contributed by atoms with Crippen molar-refractivity contribution in [3.05, 3.63) is 0 Å². The van der Waals surface area contributed by atoms with Crippen LogP contribution in [0.3, 0.4) is 0 Å². The van der Waals surface area contributed by atoms with E-state index in [9.17, 15) is 10.2 Å². The zero-order valence-electron chi connectivity index (χ0n) is 9.04. The maximum absolute atomic E-state index is 9.83. The monoisotopic (exact) mass is 205 g/mol. The summed E-state index contributed by atoms with van der Waals surface area (Å²) in [4.78, 5) is 1.84. The molecule has 1 heterocycles. The number of likely N-dealkylation sites (N-methyl/N-ethyl adjacent to an activating group) is 1. The van der Waals surface area contributed by atoms with Crippen molar-refractivity contribution in [2.75, 3.05) is 21.2 Å². The highest BCUT2D eigenvalue weighted by atomic mass is 16.7. The van der Waals surface area contributed by atoms with Crippen LogP contribution in [0.25, 0.3) is 0 Å². The highest BCUT2D eigenvalue weighted by molar-refractivity contribution is 4.91. The van der Waals surface area contributed by atoms with Gasteiger partial charge in [-0.25, -0.2) is 0 Å². The van der Waals surface area contributed by atoms with Crippen molar-refractivity contribution in [3.63, 3.8) is 0 Å². The van der Waals surface area contributed by atoms with Gasteiger partial charge in [0, 0.05) is 7.11 Å². The zero-order chi connectivity index (χ0) is 10.9. The molecule has 84 valence electrons. The van der Waals surface area contributed by atoms with Gasteiger partial charge in [-0.05, 0) is 21.0 Å². The Bertz CT molecular complexity index is 188. The van der Waals surface area contributed by atoms with E-state index < -0.39 is 18.5 Å². The average molecular weight is 205 g/mol. The molecule has 5 atom stereocenters. The number of hydrogen-bond acceptors (Lipinski definition) is 5. The van der Waals surface area contributed by atoms with Gasteiger partial charge in [-0.2, -0.15) is 0 Å². The molecule has 0 spiro atoms. The Morgan fingerprint density at radius 3 is 2.21 bits per heavy atom. The Kier molecular flexibility index (Phi) is 3.86. The summed E-state index contributed by atoms with van der Waals surface area (Å²) in [7, 11) is 5.13. The van der Waals surface area contributed by atoms with Crippen LogP contribution in [0.4, 0.5) is 0 Å². The standard InChI is InChI=1S/C9H19NO4/c1-5-6(10(2)3)7(11)8(12)9(13-4)14-5/h5-9,11-12H,1-4H3/t5-,6-,7+,8-,9+/m1/s1. The number of methoxy groups -OCH3 is 1. The summed E-state index contributed by atoms with van der Waals surface area (Å²) in [6.45, 7) is 1.85. The molecule has 1 saturated heterocycles. The van der Waals surface area contributed by atoms with Crippen LogP contribution in [-0.4, -0.2) is 67.0 Å². The summed E-state index contributed by atoms with van der Waals surface area (Å²) in [5.74, 6) is 0. The van der Waals surface area contributed by atoms with Crippen molar-refractivity contribution >= 4 is 0 Å². The minimum Gasteiger partial charge on any atom is -0.388 e. The molecule has 0 aromatic rings. The molecule has 5 nitrogen and oxygen atoms in total. The van der Waals surface area contributed by atoms with E-state index in [2.05, 4.69) is 0 Å². The van der Waals surface area contributed by atoms with Gasteiger partial charge in [0.25, 0.3) is 0 Å². The maximum atomic E-state index is 9.83. The lowest BCUT2D eigenvalue weighted by molar-refractivity contribution is -0.273. The third-order valence-corrected chi connectivity index (χ3v) is 2.64. The number of nitrogens with zero attached hydrogens (tertiary/aromatic N) is 1. The first-order valence-corrected chi connectivity index (χ1v) is 4.70. The minimum atomic E-state index is -0.997. The van der Waals surface area contributed by atoms with Gasteiger partial charge >= 0.3 is 0 Å². The van der Waals surface area contributed by atoms with E-state index in [4.69, 9.17) is 9.47 Å². The third kappa shape index (κ3) is 2.07. The fraction of sp³-hybridized carbons (Fsp3) is 1.00. The summed E-state index contributed by atoms with van der Waals surface area (Å²) in [6, 6.07) is -0.212. The van der Waals surface area contributed by atoms with Crippen LogP contribution < -0.4 is 0 Å². The van der Waals surface area contributed by atoms with E-state index in [1.807, 2.05) is 25.9 Å². The summed E-state index contributed by atoms with van der Waals surface area (Å²) >= 11 is 0. The van der Waals surface area contributed by atoms with Gasteiger partial charge < -0.3 is 24.6 Å². The Balaban J connectivity index is 2.74. The van der Waals surface area contributed by atoms with Crippen molar-refractivity contribution in [2.24, 2.45) is 0 Å². The van der Waals surface area contributed by atoms with Crippen molar-refractivity contribution < 1.29 is 19.7 Å². The molecular formula is C9H19NO4. The van der Waals surface area contributed by atoms with Crippen LogP contribution in [0.5, 0.6) is 0 Å². The van der Waals surface area contributed by atoms with Crippen molar-refractivity contribution in [1.82, 2.24) is 4.90 Å². The quantitative estimate of drug-likeness (QED) is 0.607. The van der Waals surface area contributed by atoms with Gasteiger partial charge in [0.1, 0.15) is 12.2 Å². The molecular weight excluding hydrogens is 186 g/mol. The molecule has 1 rings (SSSR count). The molecule has 14 heavy (non-hydrogen) atoms. The first-order chi connectivity index (χ1) is 6.49. The lowest BCUT2D eigenvalue weighted by Gasteiger charge is -2.43. The molecule has 0 aromatic carbocycles. The Morgan fingerprint density at radius 1 is 1.21 bits per heavy atom. The van der Waals surface area contributed by atoms with Gasteiger partial charge in [-0.15, -0.1) is 0 Å². The van der Waals surface area contributed by atoms with Crippen molar-refractivity contribution in [2.45, 2.75) is 37.6 Å². The Labute approximate surface area is 84.2 Å². The first kappa shape index (κ1) is 11.9. The Hall–Kier alpha value is -0.200. The molecule has 0 unspecified atom stereocenters. The van der Waals surface area contributed by atoms with Gasteiger partial charge in [-0.1, -0.05) is 0 Å². The summed E-state index contributed by atoms with van der Waals surface area (Å²) in [6.07, 6.45) is -2.76. The van der Waals surface area contributed by atoms with Crippen LogP contribution in [0.1, 0.15) is 6.92 Å². The summed E-state index contributed by atoms with van der Waals surface area (Å²) in [5.41, 5.74) is 0. The Morgan fingerprint density at radius 2 is 1.79 bits per heavy atom. The molecule has 1 aliphatic heterocycles.